The lowest BCUT2D eigenvalue weighted by Gasteiger charge is -2.27. The maximum atomic E-state index is 12.1. The lowest BCUT2D eigenvalue weighted by atomic mass is 9.96. The van der Waals surface area contributed by atoms with Crippen LogP contribution in [0.25, 0.3) is 0 Å². The van der Waals surface area contributed by atoms with Gasteiger partial charge in [0.1, 0.15) is 5.75 Å². The number of hydrogen-bond acceptors (Lipinski definition) is 5. The number of aliphatic hydroxyl groups excluding tert-OH is 2. The second-order valence-corrected chi connectivity index (χ2v) is 5.12. The summed E-state index contributed by atoms with van der Waals surface area (Å²) in [5.74, 6) is -1.62. The topological polar surface area (TPSA) is 98.1 Å². The van der Waals surface area contributed by atoms with E-state index in [9.17, 15) is 24.9 Å². The molecule has 0 saturated heterocycles. The van der Waals surface area contributed by atoms with Gasteiger partial charge >= 0.3 is 0 Å². The van der Waals surface area contributed by atoms with Crippen LogP contribution < -0.4 is 0 Å². The maximum Gasteiger partial charge on any atom is 0.290 e. The van der Waals surface area contributed by atoms with Crippen molar-refractivity contribution in [3.05, 3.63) is 41.2 Å². The Morgan fingerprint density at radius 3 is 2.33 bits per heavy atom. The smallest absolute Gasteiger partial charge is 0.290 e. The minimum absolute atomic E-state index is 0.00587. The van der Waals surface area contributed by atoms with Crippen molar-refractivity contribution in [2.45, 2.75) is 26.0 Å². The third-order valence-electron chi connectivity index (χ3n) is 3.35. The zero-order chi connectivity index (χ0) is 15.7. The van der Waals surface area contributed by atoms with Gasteiger partial charge in [0, 0.05) is 6.54 Å². The molecule has 2 atom stereocenters. The monoisotopic (exact) mass is 291 g/mol. The van der Waals surface area contributed by atoms with Gasteiger partial charge in [0.2, 0.25) is 0 Å². The summed E-state index contributed by atoms with van der Waals surface area (Å²) in [4.78, 5) is 25.1. The van der Waals surface area contributed by atoms with Crippen molar-refractivity contribution in [3.8, 4) is 5.75 Å². The summed E-state index contributed by atoms with van der Waals surface area (Å²) < 4.78 is 0. The third kappa shape index (κ3) is 2.75. The molecule has 3 N–H and O–H groups in total. The number of carbonyl (C=O) groups excluding carboxylic acids is 2. The Morgan fingerprint density at radius 1 is 1.29 bits per heavy atom. The van der Waals surface area contributed by atoms with E-state index in [4.69, 9.17) is 0 Å². The van der Waals surface area contributed by atoms with Crippen LogP contribution in [0.1, 0.15) is 25.5 Å². The fourth-order valence-electron chi connectivity index (χ4n) is 2.49. The minimum Gasteiger partial charge on any atom is -0.508 e. The molecule has 0 bridgehead atoms. The number of phenolic OH excluding ortho intramolecular Hbond substituents is 1. The Morgan fingerprint density at radius 2 is 1.86 bits per heavy atom. The van der Waals surface area contributed by atoms with E-state index in [1.54, 1.807) is 12.1 Å². The van der Waals surface area contributed by atoms with E-state index in [-0.39, 0.29) is 17.9 Å². The molecule has 6 heteroatoms. The molecule has 1 aliphatic rings. The van der Waals surface area contributed by atoms with Gasteiger partial charge in [0.05, 0.1) is 17.7 Å². The predicted octanol–water partition coefficient (Wildman–Crippen LogP) is 1.06. The Balaban J connectivity index is 2.51. The first kappa shape index (κ1) is 15.1. The summed E-state index contributed by atoms with van der Waals surface area (Å²) in [6, 6.07) is 5.26. The number of Topliss-reactive ketones (excluding diaryl/α,β-unsaturated/α-hetero) is 1. The Hall–Kier alpha value is -2.34. The zero-order valence-electron chi connectivity index (χ0n) is 11.8. The van der Waals surface area contributed by atoms with Gasteiger partial charge in [0.25, 0.3) is 5.91 Å². The fourth-order valence-corrected chi connectivity index (χ4v) is 2.49. The van der Waals surface area contributed by atoms with Crippen LogP contribution in [0, 0.1) is 0 Å². The molecule has 21 heavy (non-hydrogen) atoms. The largest absolute Gasteiger partial charge is 0.508 e. The summed E-state index contributed by atoms with van der Waals surface area (Å²) in [7, 11) is 0. The Kier molecular flexibility index (Phi) is 3.99. The Labute approximate surface area is 121 Å². The van der Waals surface area contributed by atoms with Crippen molar-refractivity contribution in [1.82, 2.24) is 4.90 Å². The first-order valence-electron chi connectivity index (χ1n) is 6.55. The summed E-state index contributed by atoms with van der Waals surface area (Å²) in [6.45, 7) is 2.79. The van der Waals surface area contributed by atoms with Crippen LogP contribution >= 0.6 is 0 Å². The molecular formula is C15H17NO5. The number of benzene rings is 1. The SMILES string of the molecule is CC(=O)C1=C(O)C(=O)N(CC(C)O)C1c1ccc(O)cc1. The first-order chi connectivity index (χ1) is 9.82. The van der Waals surface area contributed by atoms with Crippen LogP contribution in [0.15, 0.2) is 35.6 Å². The van der Waals surface area contributed by atoms with Crippen molar-refractivity contribution < 1.29 is 24.9 Å². The minimum atomic E-state index is -0.798. The first-order valence-corrected chi connectivity index (χ1v) is 6.55. The highest BCUT2D eigenvalue weighted by Gasteiger charge is 2.42. The Bertz CT molecular complexity index is 603. The van der Waals surface area contributed by atoms with E-state index >= 15 is 0 Å². The van der Waals surface area contributed by atoms with Gasteiger partial charge in [-0.05, 0) is 31.5 Å². The molecule has 0 aliphatic carbocycles. The number of nitrogens with zero attached hydrogens (tertiary/aromatic N) is 1. The molecular weight excluding hydrogens is 274 g/mol. The van der Waals surface area contributed by atoms with Gasteiger partial charge in [-0.1, -0.05) is 12.1 Å². The normalized spacial score (nSPS) is 20.0. The van der Waals surface area contributed by atoms with E-state index in [1.165, 1.54) is 30.9 Å². The summed E-state index contributed by atoms with van der Waals surface area (Å²) in [5, 5.41) is 28.8. The second kappa shape index (κ2) is 5.57. The highest BCUT2D eigenvalue weighted by molar-refractivity contribution is 6.08. The van der Waals surface area contributed by atoms with Crippen molar-refractivity contribution in [2.24, 2.45) is 0 Å². The van der Waals surface area contributed by atoms with Crippen LogP contribution in [0.2, 0.25) is 0 Å². The third-order valence-corrected chi connectivity index (χ3v) is 3.35. The number of phenols is 1. The molecule has 0 spiro atoms. The molecule has 2 unspecified atom stereocenters. The van der Waals surface area contributed by atoms with Crippen LogP contribution in [0.5, 0.6) is 5.75 Å². The molecule has 112 valence electrons. The van der Waals surface area contributed by atoms with Gasteiger partial charge in [-0.3, -0.25) is 9.59 Å². The van der Waals surface area contributed by atoms with Crippen LogP contribution in [0.4, 0.5) is 0 Å². The number of aromatic hydroxyl groups is 1. The molecule has 0 radical (unpaired) electrons. The van der Waals surface area contributed by atoms with Crippen molar-refractivity contribution in [3.63, 3.8) is 0 Å². The van der Waals surface area contributed by atoms with Gasteiger partial charge < -0.3 is 20.2 Å². The zero-order valence-corrected chi connectivity index (χ0v) is 11.8. The summed E-state index contributed by atoms with van der Waals surface area (Å²) in [6.07, 6.45) is -0.798. The molecule has 1 amide bonds. The van der Waals surface area contributed by atoms with E-state index in [0.717, 1.165) is 0 Å². The number of aliphatic hydroxyl groups is 2. The van der Waals surface area contributed by atoms with E-state index < -0.39 is 29.6 Å². The van der Waals surface area contributed by atoms with Crippen LogP contribution in [-0.2, 0) is 9.59 Å². The van der Waals surface area contributed by atoms with Gasteiger partial charge in [0.15, 0.2) is 11.5 Å². The quantitative estimate of drug-likeness (QED) is 0.770. The average Bonchev–Trinajstić information content (AvgIpc) is 2.64. The number of rotatable bonds is 4. The molecule has 1 aromatic rings. The molecule has 2 rings (SSSR count). The molecule has 1 aromatic carbocycles. The molecule has 0 aromatic heterocycles. The highest BCUT2D eigenvalue weighted by Crippen LogP contribution is 2.38. The summed E-state index contributed by atoms with van der Waals surface area (Å²) in [5.41, 5.74) is 0.586. The molecule has 6 nitrogen and oxygen atoms in total. The van der Waals surface area contributed by atoms with Crippen molar-refractivity contribution in [1.29, 1.82) is 0 Å². The van der Waals surface area contributed by atoms with Crippen molar-refractivity contribution in [2.75, 3.05) is 6.54 Å². The predicted molar refractivity (Wildman–Crippen MR) is 74.6 cm³/mol. The van der Waals surface area contributed by atoms with Gasteiger partial charge in [-0.2, -0.15) is 0 Å². The summed E-state index contributed by atoms with van der Waals surface area (Å²) >= 11 is 0. The highest BCUT2D eigenvalue weighted by atomic mass is 16.3. The van der Waals surface area contributed by atoms with E-state index in [2.05, 4.69) is 0 Å². The fraction of sp³-hybridized carbons (Fsp3) is 0.333. The standard InChI is InChI=1S/C15H17NO5/c1-8(17)7-16-13(10-3-5-11(19)6-4-10)12(9(2)18)14(20)15(16)21/h3-6,8,13,17,19-20H,7H2,1-2H3. The molecule has 0 saturated carbocycles. The lowest BCUT2D eigenvalue weighted by molar-refractivity contribution is -0.130. The van der Waals surface area contributed by atoms with E-state index in [1.807, 2.05) is 0 Å². The number of β-amino-alcohol motifs (C(OH)–C–C–N with tert-alkyl or cyclic N) is 1. The van der Waals surface area contributed by atoms with Gasteiger partial charge in [-0.25, -0.2) is 0 Å². The number of carbonyl (C=O) groups is 2. The second-order valence-electron chi connectivity index (χ2n) is 5.12. The molecule has 1 aliphatic heterocycles. The number of ketones is 1. The average molecular weight is 291 g/mol. The van der Waals surface area contributed by atoms with Gasteiger partial charge in [-0.15, -0.1) is 0 Å². The van der Waals surface area contributed by atoms with Crippen molar-refractivity contribution >= 4 is 11.7 Å². The number of amides is 1. The number of hydrogen-bond donors (Lipinski definition) is 3. The van der Waals surface area contributed by atoms with Crippen LogP contribution in [0.3, 0.4) is 0 Å². The van der Waals surface area contributed by atoms with E-state index in [0.29, 0.717) is 5.56 Å². The molecule has 0 fully saturated rings. The lowest BCUT2D eigenvalue weighted by Crippen LogP contribution is -2.36. The maximum absolute atomic E-state index is 12.1. The molecule has 1 heterocycles. The van der Waals surface area contributed by atoms with Crippen LogP contribution in [-0.4, -0.2) is 44.6 Å².